The van der Waals surface area contributed by atoms with Gasteiger partial charge in [-0.25, -0.2) is 13.6 Å². The molecule has 5 nitrogen and oxygen atoms in total. The summed E-state index contributed by atoms with van der Waals surface area (Å²) in [5.74, 6) is -2.46. The third-order valence-electron chi connectivity index (χ3n) is 4.24. The molecule has 0 unspecified atom stereocenters. The third kappa shape index (κ3) is 5.01. The Morgan fingerprint density at radius 2 is 2.00 bits per heavy atom. The molecule has 1 aliphatic rings. The molecule has 1 N–H and O–H groups in total. The molecule has 1 heterocycles. The standard InChI is InChI=1S/C19H24F2N2O3S/c1-4-25-10-6-9-23-12(3)16(18(24)26-5-2)17(22-19(23)27)13-7-8-14(20)15(21)11-13/h7-8,11,17H,4-6,9-10H2,1-3H3,(H,22,27)/t17-/m1/s1. The summed E-state index contributed by atoms with van der Waals surface area (Å²) in [4.78, 5) is 14.4. The molecule has 1 aromatic rings. The van der Waals surface area contributed by atoms with E-state index in [0.29, 0.717) is 41.7 Å². The van der Waals surface area contributed by atoms with Crippen LogP contribution in [-0.4, -0.2) is 42.3 Å². The molecule has 0 spiro atoms. The van der Waals surface area contributed by atoms with Crippen molar-refractivity contribution in [3.8, 4) is 0 Å². The first-order valence-electron chi connectivity index (χ1n) is 8.89. The van der Waals surface area contributed by atoms with E-state index in [4.69, 9.17) is 21.7 Å². The Labute approximate surface area is 163 Å². The van der Waals surface area contributed by atoms with Crippen LogP contribution in [-0.2, 0) is 14.3 Å². The largest absolute Gasteiger partial charge is 0.463 e. The second-order valence-electron chi connectivity index (χ2n) is 5.98. The number of hydrogen-bond donors (Lipinski definition) is 1. The zero-order chi connectivity index (χ0) is 20.0. The van der Waals surface area contributed by atoms with Gasteiger partial charge in [0.15, 0.2) is 16.7 Å². The SMILES string of the molecule is CCOCCCN1C(=S)N[C@H](c2ccc(F)c(F)c2)C(C(=O)OCC)=C1C. The summed E-state index contributed by atoms with van der Waals surface area (Å²) in [7, 11) is 0. The molecule has 1 aliphatic heterocycles. The molecule has 0 bridgehead atoms. The van der Waals surface area contributed by atoms with Crippen molar-refractivity contribution in [3.05, 3.63) is 46.7 Å². The molecule has 0 aliphatic carbocycles. The van der Waals surface area contributed by atoms with Gasteiger partial charge in [-0.3, -0.25) is 0 Å². The number of benzene rings is 1. The number of carbonyl (C=O) groups is 1. The molecule has 1 atom stereocenters. The number of hydrogen-bond acceptors (Lipinski definition) is 4. The fourth-order valence-electron chi connectivity index (χ4n) is 2.93. The first kappa shape index (κ1) is 21.2. The van der Waals surface area contributed by atoms with Crippen molar-refractivity contribution in [1.29, 1.82) is 0 Å². The van der Waals surface area contributed by atoms with E-state index in [1.165, 1.54) is 6.07 Å². The minimum absolute atomic E-state index is 0.203. The number of halogens is 2. The first-order valence-corrected chi connectivity index (χ1v) is 9.30. The lowest BCUT2D eigenvalue weighted by Crippen LogP contribution is -2.48. The first-order chi connectivity index (χ1) is 12.9. The Balaban J connectivity index is 2.38. The highest BCUT2D eigenvalue weighted by atomic mass is 32.1. The van der Waals surface area contributed by atoms with Gasteiger partial charge in [0.1, 0.15) is 0 Å². The zero-order valence-electron chi connectivity index (χ0n) is 15.7. The van der Waals surface area contributed by atoms with Crippen molar-refractivity contribution in [1.82, 2.24) is 10.2 Å². The fraction of sp³-hybridized carbons (Fsp3) is 0.474. The van der Waals surface area contributed by atoms with Crippen LogP contribution in [0.5, 0.6) is 0 Å². The average Bonchev–Trinajstić information content (AvgIpc) is 2.63. The van der Waals surface area contributed by atoms with E-state index >= 15 is 0 Å². The summed E-state index contributed by atoms with van der Waals surface area (Å²) in [6.45, 7) is 7.37. The molecule has 0 radical (unpaired) electrons. The van der Waals surface area contributed by atoms with E-state index in [1.807, 2.05) is 6.92 Å². The number of thiocarbonyl (C=S) groups is 1. The van der Waals surface area contributed by atoms with Crippen molar-refractivity contribution >= 4 is 23.3 Å². The van der Waals surface area contributed by atoms with Gasteiger partial charge in [-0.05, 0) is 57.1 Å². The monoisotopic (exact) mass is 398 g/mol. The number of allylic oxidation sites excluding steroid dienone is 1. The Kier molecular flexibility index (Phi) is 7.67. The summed E-state index contributed by atoms with van der Waals surface area (Å²) in [5.41, 5.74) is 1.35. The van der Waals surface area contributed by atoms with Crippen molar-refractivity contribution in [2.75, 3.05) is 26.4 Å². The Bertz CT molecular complexity index is 740. The van der Waals surface area contributed by atoms with Crippen LogP contribution in [0.3, 0.4) is 0 Å². The summed E-state index contributed by atoms with van der Waals surface area (Å²) in [5, 5.41) is 3.47. The van der Waals surface area contributed by atoms with Crippen LogP contribution >= 0.6 is 12.2 Å². The minimum atomic E-state index is -0.986. The molecular weight excluding hydrogens is 374 g/mol. The van der Waals surface area contributed by atoms with Gasteiger partial charge >= 0.3 is 5.97 Å². The van der Waals surface area contributed by atoms with Gasteiger partial charge in [0.25, 0.3) is 0 Å². The molecule has 2 rings (SSSR count). The molecule has 0 aromatic heterocycles. The summed E-state index contributed by atoms with van der Waals surface area (Å²) in [6, 6.07) is 2.81. The topological polar surface area (TPSA) is 50.8 Å². The summed E-state index contributed by atoms with van der Waals surface area (Å²) < 4.78 is 37.6. The number of carbonyl (C=O) groups excluding carboxylic acids is 1. The number of ether oxygens (including phenoxy) is 2. The van der Waals surface area contributed by atoms with Crippen LogP contribution in [0.4, 0.5) is 8.78 Å². The second-order valence-corrected chi connectivity index (χ2v) is 6.36. The van der Waals surface area contributed by atoms with E-state index in [9.17, 15) is 13.6 Å². The normalized spacial score (nSPS) is 17.1. The molecule has 1 aromatic carbocycles. The van der Waals surface area contributed by atoms with E-state index in [2.05, 4.69) is 5.32 Å². The maximum absolute atomic E-state index is 13.7. The van der Waals surface area contributed by atoms with Gasteiger partial charge in [-0.2, -0.15) is 0 Å². The lowest BCUT2D eigenvalue weighted by Gasteiger charge is -2.37. The van der Waals surface area contributed by atoms with Gasteiger partial charge in [-0.1, -0.05) is 6.07 Å². The number of esters is 1. The van der Waals surface area contributed by atoms with Crippen LogP contribution in [0.15, 0.2) is 29.5 Å². The predicted octanol–water partition coefficient (Wildman–Crippen LogP) is 3.46. The number of nitrogens with one attached hydrogen (secondary N) is 1. The second kappa shape index (κ2) is 9.75. The molecule has 148 valence electrons. The van der Waals surface area contributed by atoms with Gasteiger partial charge < -0.3 is 19.7 Å². The van der Waals surface area contributed by atoms with E-state index in [-0.39, 0.29) is 6.61 Å². The highest BCUT2D eigenvalue weighted by Gasteiger charge is 2.34. The Morgan fingerprint density at radius 3 is 2.63 bits per heavy atom. The van der Waals surface area contributed by atoms with Crippen molar-refractivity contribution < 1.29 is 23.0 Å². The molecular formula is C19H24F2N2O3S. The quantitative estimate of drug-likeness (QED) is 0.411. The highest BCUT2D eigenvalue weighted by molar-refractivity contribution is 7.80. The van der Waals surface area contributed by atoms with Gasteiger partial charge in [0.2, 0.25) is 0 Å². The lowest BCUT2D eigenvalue weighted by atomic mass is 9.94. The van der Waals surface area contributed by atoms with E-state index in [1.54, 1.807) is 18.7 Å². The van der Waals surface area contributed by atoms with Gasteiger partial charge in [0, 0.05) is 25.5 Å². The lowest BCUT2D eigenvalue weighted by molar-refractivity contribution is -0.139. The fourth-order valence-corrected chi connectivity index (χ4v) is 3.28. The van der Waals surface area contributed by atoms with E-state index < -0.39 is 23.6 Å². The van der Waals surface area contributed by atoms with Crippen molar-refractivity contribution in [3.63, 3.8) is 0 Å². The smallest absolute Gasteiger partial charge is 0.338 e. The maximum Gasteiger partial charge on any atom is 0.338 e. The summed E-state index contributed by atoms with van der Waals surface area (Å²) in [6.07, 6.45) is 0.721. The van der Waals surface area contributed by atoms with Crippen LogP contribution in [0.1, 0.15) is 38.8 Å². The van der Waals surface area contributed by atoms with Crippen molar-refractivity contribution in [2.24, 2.45) is 0 Å². The minimum Gasteiger partial charge on any atom is -0.463 e. The average molecular weight is 398 g/mol. The van der Waals surface area contributed by atoms with Gasteiger partial charge in [0.05, 0.1) is 18.2 Å². The third-order valence-corrected chi connectivity index (χ3v) is 4.58. The predicted molar refractivity (Wildman–Crippen MR) is 102 cm³/mol. The molecule has 27 heavy (non-hydrogen) atoms. The van der Waals surface area contributed by atoms with Crippen LogP contribution < -0.4 is 5.32 Å². The van der Waals surface area contributed by atoms with Crippen molar-refractivity contribution in [2.45, 2.75) is 33.2 Å². The molecule has 0 saturated carbocycles. The number of rotatable bonds is 8. The van der Waals surface area contributed by atoms with Crippen LogP contribution in [0.25, 0.3) is 0 Å². The van der Waals surface area contributed by atoms with Crippen LogP contribution in [0, 0.1) is 11.6 Å². The molecule has 0 amide bonds. The Hall–Kier alpha value is -2.06. The molecule has 0 fully saturated rings. The maximum atomic E-state index is 13.7. The zero-order valence-corrected chi connectivity index (χ0v) is 16.5. The van der Waals surface area contributed by atoms with E-state index in [0.717, 1.165) is 18.6 Å². The van der Waals surface area contributed by atoms with Crippen LogP contribution in [0.2, 0.25) is 0 Å². The summed E-state index contributed by atoms with van der Waals surface area (Å²) >= 11 is 5.44. The number of nitrogens with zero attached hydrogens (tertiary/aromatic N) is 1. The molecule has 8 heteroatoms. The Morgan fingerprint density at radius 1 is 1.26 bits per heavy atom. The molecule has 0 saturated heterocycles. The highest BCUT2D eigenvalue weighted by Crippen LogP contribution is 2.32. The van der Waals surface area contributed by atoms with Gasteiger partial charge in [-0.15, -0.1) is 0 Å².